The first-order valence-electron chi connectivity index (χ1n) is 9.13. The maximum absolute atomic E-state index is 5.02. The van der Waals surface area contributed by atoms with Crippen LogP contribution in [0, 0.1) is 0 Å². The molecular weight excluding hydrogens is 306 g/mol. The molecule has 3 heterocycles. The second kappa shape index (κ2) is 5.16. The molecule has 0 fully saturated rings. The van der Waals surface area contributed by atoms with Gasteiger partial charge in [-0.25, -0.2) is 9.97 Å². The number of benzene rings is 2. The maximum atomic E-state index is 5.02. The standard InChI is InChI=1S/C22H21N3/c1-3-22(4-2)14-15-9-5-6-10-16(15)20-13-19-21(25(20)22)24-18-12-8-7-11-17(18)23-19/h5-13H,3-4,14H2,1-2H3. The summed E-state index contributed by atoms with van der Waals surface area (Å²) in [6.07, 6.45) is 3.23. The number of rotatable bonds is 2. The minimum absolute atomic E-state index is 0.0720. The van der Waals surface area contributed by atoms with E-state index in [0.717, 1.165) is 41.5 Å². The van der Waals surface area contributed by atoms with Crippen molar-refractivity contribution in [2.45, 2.75) is 38.6 Å². The Morgan fingerprint density at radius 3 is 2.32 bits per heavy atom. The molecule has 0 bridgehead atoms. The fraction of sp³-hybridized carbons (Fsp3) is 0.273. The molecule has 0 atom stereocenters. The topological polar surface area (TPSA) is 30.7 Å². The van der Waals surface area contributed by atoms with Crippen molar-refractivity contribution in [3.8, 4) is 11.3 Å². The Balaban J connectivity index is 1.93. The van der Waals surface area contributed by atoms with Crippen LogP contribution in [0.2, 0.25) is 0 Å². The molecule has 3 heteroatoms. The molecule has 0 N–H and O–H groups in total. The zero-order valence-corrected chi connectivity index (χ0v) is 14.7. The van der Waals surface area contributed by atoms with Gasteiger partial charge in [-0.1, -0.05) is 50.2 Å². The Hall–Kier alpha value is -2.68. The molecule has 4 aromatic rings. The van der Waals surface area contributed by atoms with Crippen LogP contribution in [0.3, 0.4) is 0 Å². The quantitative estimate of drug-likeness (QED) is 0.498. The summed E-state index contributed by atoms with van der Waals surface area (Å²) in [7, 11) is 0. The molecule has 0 amide bonds. The summed E-state index contributed by atoms with van der Waals surface area (Å²) >= 11 is 0. The van der Waals surface area contributed by atoms with Gasteiger partial charge in [0.1, 0.15) is 5.52 Å². The predicted octanol–water partition coefficient (Wildman–Crippen LogP) is 5.32. The molecule has 0 spiro atoms. The van der Waals surface area contributed by atoms with Gasteiger partial charge in [0.05, 0.1) is 22.3 Å². The molecule has 124 valence electrons. The molecule has 5 rings (SSSR count). The van der Waals surface area contributed by atoms with Crippen LogP contribution in [0.4, 0.5) is 0 Å². The number of hydrogen-bond donors (Lipinski definition) is 0. The molecule has 2 aromatic heterocycles. The summed E-state index contributed by atoms with van der Waals surface area (Å²) in [5, 5.41) is 0. The van der Waals surface area contributed by atoms with E-state index in [2.05, 4.69) is 54.8 Å². The highest BCUT2D eigenvalue weighted by Gasteiger charge is 2.37. The highest BCUT2D eigenvalue weighted by atomic mass is 15.1. The van der Waals surface area contributed by atoms with Crippen LogP contribution in [0.5, 0.6) is 0 Å². The van der Waals surface area contributed by atoms with E-state index >= 15 is 0 Å². The Kier molecular flexibility index (Phi) is 3.02. The monoisotopic (exact) mass is 327 g/mol. The van der Waals surface area contributed by atoms with Gasteiger partial charge in [-0.05, 0) is 43.0 Å². The van der Waals surface area contributed by atoms with Crippen LogP contribution in [-0.4, -0.2) is 14.5 Å². The van der Waals surface area contributed by atoms with Crippen LogP contribution >= 0.6 is 0 Å². The van der Waals surface area contributed by atoms with Gasteiger partial charge in [-0.3, -0.25) is 0 Å². The van der Waals surface area contributed by atoms with Crippen LogP contribution in [-0.2, 0) is 12.0 Å². The molecule has 2 aromatic carbocycles. The van der Waals surface area contributed by atoms with Crippen molar-refractivity contribution in [1.29, 1.82) is 0 Å². The minimum atomic E-state index is 0.0720. The maximum Gasteiger partial charge on any atom is 0.160 e. The van der Waals surface area contributed by atoms with Gasteiger partial charge in [0.2, 0.25) is 0 Å². The Morgan fingerprint density at radius 2 is 1.56 bits per heavy atom. The summed E-state index contributed by atoms with van der Waals surface area (Å²) in [5.41, 5.74) is 8.04. The third-order valence-electron chi connectivity index (χ3n) is 5.91. The molecule has 0 unspecified atom stereocenters. The Bertz CT molecular complexity index is 1100. The highest BCUT2D eigenvalue weighted by Crippen LogP contribution is 2.44. The zero-order chi connectivity index (χ0) is 17.0. The van der Waals surface area contributed by atoms with Gasteiger partial charge in [0.15, 0.2) is 5.65 Å². The van der Waals surface area contributed by atoms with Crippen molar-refractivity contribution in [1.82, 2.24) is 14.5 Å². The molecule has 0 saturated heterocycles. The molecule has 0 aliphatic carbocycles. The van der Waals surface area contributed by atoms with Gasteiger partial charge in [-0.2, -0.15) is 0 Å². The van der Waals surface area contributed by atoms with Crippen LogP contribution < -0.4 is 0 Å². The first-order valence-corrected chi connectivity index (χ1v) is 9.13. The smallest absolute Gasteiger partial charge is 0.160 e. The normalized spacial score (nSPS) is 15.3. The lowest BCUT2D eigenvalue weighted by Gasteiger charge is -2.40. The lowest BCUT2D eigenvalue weighted by atomic mass is 9.80. The van der Waals surface area contributed by atoms with E-state index in [1.807, 2.05) is 18.2 Å². The summed E-state index contributed by atoms with van der Waals surface area (Å²) in [6, 6.07) is 19.2. The average Bonchev–Trinajstić information content (AvgIpc) is 3.04. The van der Waals surface area contributed by atoms with E-state index in [-0.39, 0.29) is 5.54 Å². The molecule has 0 radical (unpaired) electrons. The van der Waals surface area contributed by atoms with Crippen molar-refractivity contribution in [2.24, 2.45) is 0 Å². The SMILES string of the molecule is CCC1(CC)Cc2ccccc2-c2cc3nc4ccccc4nc3n21. The number of hydrogen-bond acceptors (Lipinski definition) is 2. The van der Waals surface area contributed by atoms with Crippen molar-refractivity contribution >= 4 is 22.2 Å². The van der Waals surface area contributed by atoms with E-state index in [1.54, 1.807) is 0 Å². The largest absolute Gasteiger partial charge is 0.317 e. The predicted molar refractivity (Wildman–Crippen MR) is 103 cm³/mol. The van der Waals surface area contributed by atoms with Crippen molar-refractivity contribution in [2.75, 3.05) is 0 Å². The van der Waals surface area contributed by atoms with Gasteiger partial charge in [0.25, 0.3) is 0 Å². The summed E-state index contributed by atoms with van der Waals surface area (Å²) in [6.45, 7) is 4.59. The molecule has 0 saturated carbocycles. The van der Waals surface area contributed by atoms with Crippen LogP contribution in [0.15, 0.2) is 54.6 Å². The summed E-state index contributed by atoms with van der Waals surface area (Å²) < 4.78 is 2.48. The van der Waals surface area contributed by atoms with Gasteiger partial charge in [0, 0.05) is 5.56 Å². The van der Waals surface area contributed by atoms with Gasteiger partial charge >= 0.3 is 0 Å². The first kappa shape index (κ1) is 14.6. The summed E-state index contributed by atoms with van der Waals surface area (Å²) in [4.78, 5) is 9.92. The lowest BCUT2D eigenvalue weighted by molar-refractivity contribution is 0.263. The third-order valence-corrected chi connectivity index (χ3v) is 5.91. The molecule has 25 heavy (non-hydrogen) atoms. The molecule has 3 nitrogen and oxygen atoms in total. The second-order valence-electron chi connectivity index (χ2n) is 7.05. The van der Waals surface area contributed by atoms with Crippen molar-refractivity contribution in [3.63, 3.8) is 0 Å². The van der Waals surface area contributed by atoms with Crippen molar-refractivity contribution in [3.05, 3.63) is 60.2 Å². The fourth-order valence-corrected chi connectivity index (χ4v) is 4.43. The van der Waals surface area contributed by atoms with Crippen LogP contribution in [0.25, 0.3) is 33.5 Å². The van der Waals surface area contributed by atoms with E-state index in [0.29, 0.717) is 0 Å². The Labute approximate surface area is 147 Å². The third kappa shape index (κ3) is 1.92. The lowest BCUT2D eigenvalue weighted by Crippen LogP contribution is -2.38. The zero-order valence-electron chi connectivity index (χ0n) is 14.7. The van der Waals surface area contributed by atoms with Gasteiger partial charge < -0.3 is 4.57 Å². The van der Waals surface area contributed by atoms with Crippen molar-refractivity contribution < 1.29 is 0 Å². The Morgan fingerprint density at radius 1 is 0.880 bits per heavy atom. The highest BCUT2D eigenvalue weighted by molar-refractivity contribution is 5.90. The van der Waals surface area contributed by atoms with E-state index in [9.17, 15) is 0 Å². The van der Waals surface area contributed by atoms with Crippen LogP contribution in [0.1, 0.15) is 32.3 Å². The number of para-hydroxylation sites is 2. The molecular formula is C22H21N3. The second-order valence-corrected chi connectivity index (χ2v) is 7.05. The minimum Gasteiger partial charge on any atom is -0.317 e. The molecule has 1 aliphatic heterocycles. The fourth-order valence-electron chi connectivity index (χ4n) is 4.43. The van der Waals surface area contributed by atoms with E-state index < -0.39 is 0 Å². The van der Waals surface area contributed by atoms with E-state index in [1.165, 1.54) is 16.8 Å². The molecule has 1 aliphatic rings. The first-order chi connectivity index (χ1) is 12.3. The number of aromatic nitrogens is 3. The number of fused-ring (bicyclic) bond motifs is 6. The number of nitrogens with zero attached hydrogens (tertiary/aromatic N) is 3. The van der Waals surface area contributed by atoms with Gasteiger partial charge in [-0.15, -0.1) is 0 Å². The average molecular weight is 327 g/mol. The van der Waals surface area contributed by atoms with E-state index in [4.69, 9.17) is 9.97 Å². The summed E-state index contributed by atoms with van der Waals surface area (Å²) in [5.74, 6) is 0.